The Bertz CT molecular complexity index is 679. The van der Waals surface area contributed by atoms with Gasteiger partial charge in [0.2, 0.25) is 0 Å². The minimum Gasteiger partial charge on any atom is -0.478 e. The zero-order valence-electron chi connectivity index (χ0n) is 13.8. The fourth-order valence-electron chi connectivity index (χ4n) is 2.62. The lowest BCUT2D eigenvalue weighted by molar-refractivity contribution is 0.0255. The summed E-state index contributed by atoms with van der Waals surface area (Å²) < 4.78 is 5.59. The molecule has 0 aliphatic carbocycles. The topological polar surface area (TPSA) is 63.6 Å². The van der Waals surface area contributed by atoms with E-state index in [1.165, 1.54) is 17.7 Å². The van der Waals surface area contributed by atoms with Gasteiger partial charge < -0.3 is 9.84 Å². The van der Waals surface area contributed by atoms with Gasteiger partial charge in [0.05, 0.1) is 11.1 Å². The number of aromatic carboxylic acids is 1. The van der Waals surface area contributed by atoms with Crippen molar-refractivity contribution >= 4 is 11.9 Å². The molecule has 2 aromatic rings. The number of carboxylic acids is 1. The molecule has 2 aromatic carbocycles. The van der Waals surface area contributed by atoms with E-state index in [0.29, 0.717) is 0 Å². The average Bonchev–Trinajstić information content (AvgIpc) is 2.60. The molecule has 0 saturated carbocycles. The number of benzene rings is 2. The molecule has 1 atom stereocenters. The summed E-state index contributed by atoms with van der Waals surface area (Å²) in [4.78, 5) is 23.6. The van der Waals surface area contributed by atoms with Crippen molar-refractivity contribution in [1.82, 2.24) is 0 Å². The summed E-state index contributed by atoms with van der Waals surface area (Å²) >= 11 is 0. The van der Waals surface area contributed by atoms with E-state index in [1.54, 1.807) is 12.1 Å². The lowest BCUT2D eigenvalue weighted by atomic mass is 10.0. The van der Waals surface area contributed by atoms with Gasteiger partial charge in [-0.15, -0.1) is 0 Å². The number of rotatable bonds is 8. The Morgan fingerprint density at radius 3 is 2.21 bits per heavy atom. The van der Waals surface area contributed by atoms with Gasteiger partial charge in [-0.05, 0) is 37.0 Å². The van der Waals surface area contributed by atoms with Gasteiger partial charge in [-0.2, -0.15) is 0 Å². The van der Waals surface area contributed by atoms with Crippen LogP contribution in [0.1, 0.15) is 52.5 Å². The van der Waals surface area contributed by atoms with Crippen LogP contribution in [0.5, 0.6) is 0 Å². The average molecular weight is 326 g/mol. The highest BCUT2D eigenvalue weighted by atomic mass is 16.5. The first kappa shape index (κ1) is 17.7. The summed E-state index contributed by atoms with van der Waals surface area (Å²) in [5.74, 6) is -1.70. The van der Waals surface area contributed by atoms with E-state index in [0.717, 1.165) is 25.7 Å². The third-order valence-corrected chi connectivity index (χ3v) is 3.86. The van der Waals surface area contributed by atoms with E-state index >= 15 is 0 Å². The summed E-state index contributed by atoms with van der Waals surface area (Å²) in [6.45, 7) is 2.04. The predicted octanol–water partition coefficient (Wildman–Crippen LogP) is 4.34. The molecule has 1 N–H and O–H groups in total. The second-order valence-electron chi connectivity index (χ2n) is 5.69. The van der Waals surface area contributed by atoms with Gasteiger partial charge in [0.1, 0.15) is 6.10 Å². The Morgan fingerprint density at radius 1 is 0.958 bits per heavy atom. The maximum absolute atomic E-state index is 12.4. The molecule has 0 heterocycles. The first-order chi connectivity index (χ1) is 11.6. The van der Waals surface area contributed by atoms with Crippen molar-refractivity contribution < 1.29 is 19.4 Å². The van der Waals surface area contributed by atoms with Gasteiger partial charge in [0.25, 0.3) is 0 Å². The van der Waals surface area contributed by atoms with E-state index in [1.807, 2.05) is 37.3 Å². The Hall–Kier alpha value is -2.62. The van der Waals surface area contributed by atoms with E-state index in [2.05, 4.69) is 0 Å². The van der Waals surface area contributed by atoms with Crippen LogP contribution in [0.4, 0.5) is 0 Å². The highest BCUT2D eigenvalue weighted by molar-refractivity contribution is 6.02. The number of esters is 1. The van der Waals surface area contributed by atoms with Crippen LogP contribution in [0.15, 0.2) is 54.6 Å². The lowest BCUT2D eigenvalue weighted by Gasteiger charge is -2.18. The molecule has 0 aromatic heterocycles. The normalized spacial score (nSPS) is 11.7. The monoisotopic (exact) mass is 326 g/mol. The van der Waals surface area contributed by atoms with Gasteiger partial charge in [0, 0.05) is 0 Å². The fourth-order valence-corrected chi connectivity index (χ4v) is 2.62. The van der Waals surface area contributed by atoms with Crippen LogP contribution in [0.2, 0.25) is 0 Å². The molecule has 2 rings (SSSR count). The third kappa shape index (κ3) is 4.95. The molecule has 4 heteroatoms. The zero-order valence-corrected chi connectivity index (χ0v) is 13.8. The molecular weight excluding hydrogens is 304 g/mol. The number of aryl methyl sites for hydroxylation is 1. The molecule has 0 aliphatic rings. The van der Waals surface area contributed by atoms with Crippen molar-refractivity contribution in [1.29, 1.82) is 0 Å². The maximum Gasteiger partial charge on any atom is 0.339 e. The first-order valence-electron chi connectivity index (χ1n) is 8.19. The molecule has 0 bridgehead atoms. The molecule has 0 radical (unpaired) electrons. The Labute approximate surface area is 142 Å². The van der Waals surface area contributed by atoms with Gasteiger partial charge in [-0.25, -0.2) is 9.59 Å². The molecule has 0 fully saturated rings. The maximum atomic E-state index is 12.4. The Kier molecular flexibility index (Phi) is 6.55. The number of ether oxygens (including phenoxy) is 1. The number of carbonyl (C=O) groups is 2. The SMILES string of the molecule is CCC[C@H](CCc1ccccc1)OC(=O)c1ccccc1C(=O)O. The summed E-state index contributed by atoms with van der Waals surface area (Å²) in [7, 11) is 0. The molecule has 0 spiro atoms. The van der Waals surface area contributed by atoms with Crippen LogP contribution >= 0.6 is 0 Å². The van der Waals surface area contributed by atoms with Gasteiger partial charge in [0.15, 0.2) is 0 Å². The summed E-state index contributed by atoms with van der Waals surface area (Å²) in [5, 5.41) is 9.20. The van der Waals surface area contributed by atoms with Crippen molar-refractivity contribution in [3.8, 4) is 0 Å². The summed E-state index contributed by atoms with van der Waals surface area (Å²) in [5.41, 5.74) is 1.27. The number of carbonyl (C=O) groups excluding carboxylic acids is 1. The minimum atomic E-state index is -1.13. The lowest BCUT2D eigenvalue weighted by Crippen LogP contribution is -2.21. The second kappa shape index (κ2) is 8.87. The number of hydrogen-bond acceptors (Lipinski definition) is 3. The minimum absolute atomic E-state index is 0.0270. The van der Waals surface area contributed by atoms with Crippen molar-refractivity contribution in [2.24, 2.45) is 0 Å². The number of carboxylic acid groups (broad SMARTS) is 1. The van der Waals surface area contributed by atoms with Crippen LogP contribution < -0.4 is 0 Å². The molecular formula is C20H22O4. The largest absolute Gasteiger partial charge is 0.478 e. The number of hydrogen-bond donors (Lipinski definition) is 1. The standard InChI is InChI=1S/C20H22O4/c1-2-8-16(14-13-15-9-4-3-5-10-15)24-20(23)18-12-7-6-11-17(18)19(21)22/h3-7,9-12,16H,2,8,13-14H2,1H3,(H,21,22)/t16-/m1/s1. The molecule has 0 amide bonds. The van der Waals surface area contributed by atoms with Crippen LogP contribution in [0, 0.1) is 0 Å². The smallest absolute Gasteiger partial charge is 0.339 e. The molecule has 126 valence electrons. The second-order valence-corrected chi connectivity index (χ2v) is 5.69. The van der Waals surface area contributed by atoms with Crippen molar-refractivity contribution in [3.63, 3.8) is 0 Å². The first-order valence-corrected chi connectivity index (χ1v) is 8.19. The summed E-state index contributed by atoms with van der Waals surface area (Å²) in [6, 6.07) is 16.2. The molecule has 0 unspecified atom stereocenters. The fraction of sp³-hybridized carbons (Fsp3) is 0.300. The Morgan fingerprint density at radius 2 is 1.58 bits per heavy atom. The van der Waals surface area contributed by atoms with E-state index in [9.17, 15) is 14.7 Å². The molecule has 0 saturated heterocycles. The quantitative estimate of drug-likeness (QED) is 0.733. The zero-order chi connectivity index (χ0) is 17.4. The van der Waals surface area contributed by atoms with Crippen LogP contribution in [-0.2, 0) is 11.2 Å². The van der Waals surface area contributed by atoms with E-state index in [4.69, 9.17) is 4.74 Å². The van der Waals surface area contributed by atoms with E-state index < -0.39 is 11.9 Å². The van der Waals surface area contributed by atoms with Gasteiger partial charge >= 0.3 is 11.9 Å². The van der Waals surface area contributed by atoms with Crippen LogP contribution in [0.3, 0.4) is 0 Å². The molecule has 24 heavy (non-hydrogen) atoms. The summed E-state index contributed by atoms with van der Waals surface area (Å²) in [6.07, 6.45) is 2.98. The highest BCUT2D eigenvalue weighted by Gasteiger charge is 2.20. The Balaban J connectivity index is 2.04. The van der Waals surface area contributed by atoms with Gasteiger partial charge in [-0.3, -0.25) is 0 Å². The molecule has 4 nitrogen and oxygen atoms in total. The van der Waals surface area contributed by atoms with Crippen LogP contribution in [-0.4, -0.2) is 23.1 Å². The van der Waals surface area contributed by atoms with Crippen LogP contribution in [0.25, 0.3) is 0 Å². The van der Waals surface area contributed by atoms with Crippen molar-refractivity contribution in [3.05, 3.63) is 71.3 Å². The third-order valence-electron chi connectivity index (χ3n) is 3.86. The molecule has 0 aliphatic heterocycles. The van der Waals surface area contributed by atoms with Crippen molar-refractivity contribution in [2.45, 2.75) is 38.7 Å². The highest BCUT2D eigenvalue weighted by Crippen LogP contribution is 2.16. The predicted molar refractivity (Wildman–Crippen MR) is 92.3 cm³/mol. The van der Waals surface area contributed by atoms with E-state index in [-0.39, 0.29) is 17.2 Å². The van der Waals surface area contributed by atoms with Crippen molar-refractivity contribution in [2.75, 3.05) is 0 Å². The van der Waals surface area contributed by atoms with Gasteiger partial charge in [-0.1, -0.05) is 55.8 Å².